The molecular formula is C10H17BrN2O2Si. The summed E-state index contributed by atoms with van der Waals surface area (Å²) in [7, 11) is -1.01. The Kier molecular flexibility index (Phi) is 5.37. The van der Waals surface area contributed by atoms with Crippen LogP contribution in [0.2, 0.25) is 25.7 Å². The van der Waals surface area contributed by atoms with Gasteiger partial charge in [-0.3, -0.25) is 0 Å². The first kappa shape index (κ1) is 13.6. The number of aromatic nitrogens is 2. The van der Waals surface area contributed by atoms with Gasteiger partial charge in [-0.25, -0.2) is 0 Å². The maximum absolute atomic E-state index is 5.38. The molecule has 0 saturated carbocycles. The van der Waals surface area contributed by atoms with E-state index >= 15 is 0 Å². The van der Waals surface area contributed by atoms with Crippen molar-refractivity contribution in [1.29, 1.82) is 0 Å². The second kappa shape index (κ2) is 6.32. The Labute approximate surface area is 106 Å². The van der Waals surface area contributed by atoms with E-state index in [1.807, 2.05) is 0 Å². The van der Waals surface area contributed by atoms with Gasteiger partial charge < -0.3 is 9.47 Å². The molecule has 1 heterocycles. The van der Waals surface area contributed by atoms with Gasteiger partial charge in [-0.2, -0.15) is 0 Å². The highest BCUT2D eigenvalue weighted by Gasteiger charge is 2.11. The molecule has 6 heteroatoms. The van der Waals surface area contributed by atoms with Crippen molar-refractivity contribution in [2.75, 3.05) is 13.4 Å². The van der Waals surface area contributed by atoms with Crippen molar-refractivity contribution in [3.8, 4) is 5.88 Å². The van der Waals surface area contributed by atoms with E-state index in [1.165, 1.54) is 0 Å². The number of halogens is 1. The fourth-order valence-electron chi connectivity index (χ4n) is 0.920. The third-order valence-corrected chi connectivity index (χ3v) is 4.02. The lowest BCUT2D eigenvalue weighted by Gasteiger charge is -2.15. The van der Waals surface area contributed by atoms with Gasteiger partial charge in [-0.1, -0.05) is 19.6 Å². The molecule has 1 rings (SSSR count). The Morgan fingerprint density at radius 1 is 1.25 bits per heavy atom. The largest absolute Gasteiger partial charge is 0.449 e. The Bertz CT molecular complexity index is 314. The van der Waals surface area contributed by atoms with Crippen LogP contribution in [0.1, 0.15) is 0 Å². The quantitative estimate of drug-likeness (QED) is 0.460. The molecule has 0 aliphatic heterocycles. The van der Waals surface area contributed by atoms with Gasteiger partial charge >= 0.3 is 0 Å². The average Bonchev–Trinajstić information content (AvgIpc) is 2.19. The molecule has 4 nitrogen and oxygen atoms in total. The molecule has 0 aromatic carbocycles. The molecule has 0 aliphatic carbocycles. The minimum absolute atomic E-state index is 0.237. The van der Waals surface area contributed by atoms with Crippen LogP contribution in [-0.4, -0.2) is 31.7 Å². The van der Waals surface area contributed by atoms with E-state index in [9.17, 15) is 0 Å². The van der Waals surface area contributed by atoms with Gasteiger partial charge in [0.1, 0.15) is 4.60 Å². The summed E-state index contributed by atoms with van der Waals surface area (Å²) in [6.07, 6.45) is 0. The maximum atomic E-state index is 5.38. The molecule has 0 atom stereocenters. The van der Waals surface area contributed by atoms with Gasteiger partial charge in [0.15, 0.2) is 6.79 Å². The Morgan fingerprint density at radius 2 is 2.00 bits per heavy atom. The van der Waals surface area contributed by atoms with Gasteiger partial charge in [0.25, 0.3) is 0 Å². The first-order chi connectivity index (χ1) is 7.47. The van der Waals surface area contributed by atoms with Crippen LogP contribution >= 0.6 is 15.9 Å². The second-order valence-corrected chi connectivity index (χ2v) is 11.1. The lowest BCUT2D eigenvalue weighted by Crippen LogP contribution is -2.22. The van der Waals surface area contributed by atoms with Crippen LogP contribution in [-0.2, 0) is 4.74 Å². The molecule has 0 fully saturated rings. The average molecular weight is 305 g/mol. The van der Waals surface area contributed by atoms with Crippen molar-refractivity contribution >= 4 is 24.0 Å². The fourth-order valence-corrected chi connectivity index (χ4v) is 1.89. The highest BCUT2D eigenvalue weighted by atomic mass is 79.9. The molecule has 0 saturated heterocycles. The molecule has 16 heavy (non-hydrogen) atoms. The summed E-state index contributed by atoms with van der Waals surface area (Å²) >= 11 is 3.20. The summed E-state index contributed by atoms with van der Waals surface area (Å²) in [5.74, 6) is 0.483. The van der Waals surface area contributed by atoms with Gasteiger partial charge in [-0.05, 0) is 28.0 Å². The minimum atomic E-state index is -1.01. The van der Waals surface area contributed by atoms with Gasteiger partial charge in [0.2, 0.25) is 5.88 Å². The molecule has 1 aromatic rings. The van der Waals surface area contributed by atoms with Crippen molar-refractivity contribution in [3.05, 3.63) is 16.7 Å². The predicted molar refractivity (Wildman–Crippen MR) is 69.3 cm³/mol. The Morgan fingerprint density at radius 3 is 2.56 bits per heavy atom. The maximum Gasteiger partial charge on any atom is 0.235 e. The number of ether oxygens (including phenoxy) is 2. The topological polar surface area (TPSA) is 44.2 Å². The predicted octanol–water partition coefficient (Wildman–Crippen LogP) is 2.93. The molecule has 1 aromatic heterocycles. The van der Waals surface area contributed by atoms with E-state index in [2.05, 4.69) is 45.8 Å². The fraction of sp³-hybridized carbons (Fsp3) is 0.600. The smallest absolute Gasteiger partial charge is 0.235 e. The van der Waals surface area contributed by atoms with Gasteiger partial charge in [-0.15, -0.1) is 10.2 Å². The van der Waals surface area contributed by atoms with E-state index in [4.69, 9.17) is 9.47 Å². The lowest BCUT2D eigenvalue weighted by atomic mass is 10.6. The van der Waals surface area contributed by atoms with Crippen LogP contribution in [0.3, 0.4) is 0 Å². The van der Waals surface area contributed by atoms with Crippen LogP contribution in [0.4, 0.5) is 0 Å². The van der Waals surface area contributed by atoms with Crippen LogP contribution in [0.5, 0.6) is 5.88 Å². The second-order valence-electron chi connectivity index (χ2n) is 4.68. The van der Waals surface area contributed by atoms with Crippen LogP contribution in [0.25, 0.3) is 0 Å². The summed E-state index contributed by atoms with van der Waals surface area (Å²) in [5.41, 5.74) is 0. The summed E-state index contributed by atoms with van der Waals surface area (Å²) < 4.78 is 11.3. The normalized spacial score (nSPS) is 11.5. The number of hydrogen-bond donors (Lipinski definition) is 0. The summed E-state index contributed by atoms with van der Waals surface area (Å²) in [5, 5.41) is 7.64. The molecule has 0 spiro atoms. The third-order valence-electron chi connectivity index (χ3n) is 1.89. The van der Waals surface area contributed by atoms with Gasteiger partial charge in [0, 0.05) is 20.7 Å². The molecule has 0 N–H and O–H groups in total. The number of hydrogen-bond acceptors (Lipinski definition) is 4. The van der Waals surface area contributed by atoms with Crippen LogP contribution < -0.4 is 4.74 Å². The summed E-state index contributed by atoms with van der Waals surface area (Å²) in [6.45, 7) is 7.94. The molecular weight excluding hydrogens is 288 g/mol. The SMILES string of the molecule is C[Si](C)(C)CCOCOc1ccc(Br)nn1. The highest BCUT2D eigenvalue weighted by molar-refractivity contribution is 9.10. The van der Waals surface area contributed by atoms with E-state index in [0.717, 1.165) is 12.7 Å². The zero-order valence-corrected chi connectivity index (χ0v) is 12.5. The molecule has 0 bridgehead atoms. The van der Waals surface area contributed by atoms with Crippen LogP contribution in [0.15, 0.2) is 16.7 Å². The molecule has 0 unspecified atom stereocenters. The zero-order valence-electron chi connectivity index (χ0n) is 9.86. The van der Waals surface area contributed by atoms with Crippen molar-refractivity contribution in [1.82, 2.24) is 10.2 Å². The number of rotatable bonds is 6. The Hall–Kier alpha value is -0.463. The minimum Gasteiger partial charge on any atom is -0.449 e. The van der Waals surface area contributed by atoms with Crippen molar-refractivity contribution in [2.45, 2.75) is 25.7 Å². The van der Waals surface area contributed by atoms with Crippen LogP contribution in [0, 0.1) is 0 Å². The van der Waals surface area contributed by atoms with E-state index < -0.39 is 8.07 Å². The lowest BCUT2D eigenvalue weighted by molar-refractivity contribution is 0.0187. The monoisotopic (exact) mass is 304 g/mol. The Balaban J connectivity index is 2.14. The summed E-state index contributed by atoms with van der Waals surface area (Å²) in [6, 6.07) is 4.67. The number of nitrogens with zero attached hydrogens (tertiary/aromatic N) is 2. The van der Waals surface area contributed by atoms with E-state index in [-0.39, 0.29) is 6.79 Å². The summed E-state index contributed by atoms with van der Waals surface area (Å²) in [4.78, 5) is 0. The molecule has 0 amide bonds. The first-order valence-electron chi connectivity index (χ1n) is 5.17. The third kappa shape index (κ3) is 6.19. The van der Waals surface area contributed by atoms with Crippen molar-refractivity contribution in [3.63, 3.8) is 0 Å². The molecule has 0 aliphatic rings. The van der Waals surface area contributed by atoms with Gasteiger partial charge in [0.05, 0.1) is 0 Å². The van der Waals surface area contributed by atoms with E-state index in [1.54, 1.807) is 12.1 Å². The zero-order chi connectivity index (χ0) is 12.0. The molecule has 90 valence electrons. The standard InChI is InChI=1S/C10H17BrN2O2Si/c1-16(2,3)7-6-14-8-15-10-5-4-9(11)12-13-10/h4-5H,6-8H2,1-3H3. The highest BCUT2D eigenvalue weighted by Crippen LogP contribution is 2.10. The van der Waals surface area contributed by atoms with Crippen molar-refractivity contribution in [2.24, 2.45) is 0 Å². The van der Waals surface area contributed by atoms with E-state index in [0.29, 0.717) is 10.5 Å². The first-order valence-corrected chi connectivity index (χ1v) is 9.67. The molecule has 0 radical (unpaired) electrons. The van der Waals surface area contributed by atoms with Crippen molar-refractivity contribution < 1.29 is 9.47 Å².